The third-order valence-corrected chi connectivity index (χ3v) is 7.00. The molecule has 1 atom stereocenters. The molecule has 0 unspecified atom stereocenters. The summed E-state index contributed by atoms with van der Waals surface area (Å²) in [6, 6.07) is 10.9. The summed E-state index contributed by atoms with van der Waals surface area (Å²) >= 11 is 3.46. The van der Waals surface area contributed by atoms with Crippen LogP contribution >= 0.6 is 22.7 Å². The molecule has 0 radical (unpaired) electrons. The number of rotatable bonds is 5. The molecule has 3 aromatic rings. The summed E-state index contributed by atoms with van der Waals surface area (Å²) in [5.74, 6) is 0.0910. The van der Waals surface area contributed by atoms with Gasteiger partial charge in [-0.3, -0.25) is 14.8 Å². The predicted molar refractivity (Wildman–Crippen MR) is 107 cm³/mol. The lowest BCUT2D eigenvalue weighted by Gasteiger charge is -2.22. The lowest BCUT2D eigenvalue weighted by Crippen LogP contribution is -2.22. The minimum Gasteiger partial charge on any atom is -0.344 e. The Bertz CT molecular complexity index is 881. The van der Waals surface area contributed by atoms with Gasteiger partial charge in [0.2, 0.25) is 0 Å². The van der Waals surface area contributed by atoms with Gasteiger partial charge < -0.3 is 4.90 Å². The molecule has 4 rings (SSSR count). The first-order valence-corrected chi connectivity index (χ1v) is 10.4. The molecule has 0 spiro atoms. The van der Waals surface area contributed by atoms with Crippen molar-refractivity contribution in [2.45, 2.75) is 25.4 Å². The van der Waals surface area contributed by atoms with Crippen molar-refractivity contribution in [2.75, 3.05) is 20.6 Å². The van der Waals surface area contributed by atoms with E-state index in [1.807, 2.05) is 23.5 Å². The minimum atomic E-state index is 0.0910. The molecule has 0 aromatic carbocycles. The Hall–Kier alpha value is -1.96. The van der Waals surface area contributed by atoms with Gasteiger partial charge in [-0.1, -0.05) is 0 Å². The van der Waals surface area contributed by atoms with Gasteiger partial charge in [0, 0.05) is 42.6 Å². The molecule has 7 heteroatoms. The van der Waals surface area contributed by atoms with E-state index in [2.05, 4.69) is 33.3 Å². The number of nitrogens with one attached hydrogen (secondary N) is 1. The summed E-state index contributed by atoms with van der Waals surface area (Å²) in [6.07, 6.45) is 4.15. The van der Waals surface area contributed by atoms with Crippen LogP contribution < -0.4 is 0 Å². The van der Waals surface area contributed by atoms with Crippen molar-refractivity contribution < 1.29 is 4.79 Å². The summed E-state index contributed by atoms with van der Waals surface area (Å²) < 4.78 is 0. The Morgan fingerprint density at radius 1 is 1.27 bits per heavy atom. The van der Waals surface area contributed by atoms with Crippen molar-refractivity contribution in [3.05, 3.63) is 51.2 Å². The fourth-order valence-corrected chi connectivity index (χ4v) is 5.61. The van der Waals surface area contributed by atoms with E-state index >= 15 is 0 Å². The van der Waals surface area contributed by atoms with E-state index in [1.54, 1.807) is 36.5 Å². The van der Waals surface area contributed by atoms with Crippen LogP contribution in [0.3, 0.4) is 0 Å². The Balaban J connectivity index is 1.48. The van der Waals surface area contributed by atoms with Crippen LogP contribution in [0.1, 0.15) is 38.3 Å². The Labute approximate surface area is 161 Å². The molecule has 3 aromatic heterocycles. The Morgan fingerprint density at radius 2 is 2.15 bits per heavy atom. The number of hydrogen-bond donors (Lipinski definition) is 1. The van der Waals surface area contributed by atoms with Crippen LogP contribution in [0.2, 0.25) is 0 Å². The molecular weight excluding hydrogens is 364 g/mol. The van der Waals surface area contributed by atoms with Gasteiger partial charge >= 0.3 is 0 Å². The van der Waals surface area contributed by atoms with Gasteiger partial charge in [0.1, 0.15) is 0 Å². The highest BCUT2D eigenvalue weighted by molar-refractivity contribution is 7.15. The maximum Gasteiger partial charge on any atom is 0.263 e. The van der Waals surface area contributed by atoms with Gasteiger partial charge in [-0.2, -0.15) is 5.10 Å². The number of thiophene rings is 2. The van der Waals surface area contributed by atoms with Crippen molar-refractivity contribution in [3.8, 4) is 10.6 Å². The molecule has 136 valence electrons. The fourth-order valence-electron chi connectivity index (χ4n) is 3.41. The number of likely N-dealkylation sites (tertiary alicyclic amines) is 1. The van der Waals surface area contributed by atoms with E-state index in [4.69, 9.17) is 0 Å². The topological polar surface area (TPSA) is 52.2 Å². The molecule has 1 fully saturated rings. The normalized spacial score (nSPS) is 17.7. The van der Waals surface area contributed by atoms with Gasteiger partial charge in [-0.25, -0.2) is 0 Å². The second-order valence-electron chi connectivity index (χ2n) is 6.77. The van der Waals surface area contributed by atoms with Crippen LogP contribution in [-0.2, 0) is 6.54 Å². The van der Waals surface area contributed by atoms with E-state index in [-0.39, 0.29) is 5.91 Å². The molecule has 5 nitrogen and oxygen atoms in total. The lowest BCUT2D eigenvalue weighted by atomic mass is 10.2. The van der Waals surface area contributed by atoms with E-state index < -0.39 is 0 Å². The van der Waals surface area contributed by atoms with Crippen LogP contribution in [0.25, 0.3) is 10.6 Å². The summed E-state index contributed by atoms with van der Waals surface area (Å²) in [4.78, 5) is 21.1. The number of carbonyl (C=O) groups is 1. The number of amides is 1. The largest absolute Gasteiger partial charge is 0.344 e. The number of nitrogens with zero attached hydrogens (tertiary/aromatic N) is 3. The monoisotopic (exact) mass is 386 g/mol. The zero-order valence-corrected chi connectivity index (χ0v) is 16.6. The van der Waals surface area contributed by atoms with Crippen molar-refractivity contribution in [1.29, 1.82) is 0 Å². The molecule has 0 bridgehead atoms. The minimum absolute atomic E-state index is 0.0910. The molecule has 4 heterocycles. The van der Waals surface area contributed by atoms with E-state index in [0.717, 1.165) is 30.1 Å². The van der Waals surface area contributed by atoms with E-state index in [1.165, 1.54) is 21.1 Å². The lowest BCUT2D eigenvalue weighted by molar-refractivity contribution is 0.0832. The average Bonchev–Trinajstić information content (AvgIpc) is 3.40. The highest BCUT2D eigenvalue weighted by Crippen LogP contribution is 2.38. The first-order valence-electron chi connectivity index (χ1n) is 8.75. The second kappa shape index (κ2) is 7.34. The molecule has 1 N–H and O–H groups in total. The molecule has 1 aliphatic heterocycles. The van der Waals surface area contributed by atoms with E-state index in [0.29, 0.717) is 6.04 Å². The molecule has 1 aliphatic rings. The van der Waals surface area contributed by atoms with Crippen LogP contribution in [0.15, 0.2) is 36.5 Å². The van der Waals surface area contributed by atoms with Gasteiger partial charge in [0.25, 0.3) is 5.91 Å². The highest BCUT2D eigenvalue weighted by Gasteiger charge is 2.28. The van der Waals surface area contributed by atoms with E-state index in [9.17, 15) is 4.79 Å². The molecule has 0 saturated carbocycles. The summed E-state index contributed by atoms with van der Waals surface area (Å²) in [5, 5.41) is 7.06. The first kappa shape index (κ1) is 17.5. The summed E-state index contributed by atoms with van der Waals surface area (Å²) in [7, 11) is 3.61. The Kier molecular flexibility index (Phi) is 4.93. The van der Waals surface area contributed by atoms with Crippen LogP contribution in [0.4, 0.5) is 0 Å². The number of aromatic nitrogens is 2. The van der Waals surface area contributed by atoms with Crippen LogP contribution in [-0.4, -0.2) is 46.5 Å². The van der Waals surface area contributed by atoms with Crippen LogP contribution in [0, 0.1) is 0 Å². The molecule has 26 heavy (non-hydrogen) atoms. The standard InChI is InChI=1S/C19H22N4OS2/c1-22(2)19(24)18-8-7-17(26-18)15-4-3-11-23(15)12-13-5-6-16(25-13)14-9-10-20-21-14/h5-10,15H,3-4,11-12H2,1-2H3,(H,20,21)/t15-/m1/s1. The first-order chi connectivity index (χ1) is 12.6. The second-order valence-corrected chi connectivity index (χ2v) is 9.05. The SMILES string of the molecule is CN(C)C(=O)c1ccc([C@H]2CCCN2Cc2ccc(-c3ccn[nH]3)s2)s1. The maximum atomic E-state index is 12.2. The smallest absolute Gasteiger partial charge is 0.263 e. The summed E-state index contributed by atoms with van der Waals surface area (Å²) in [5.41, 5.74) is 1.07. The van der Waals surface area contributed by atoms with Gasteiger partial charge in [-0.05, 0) is 49.7 Å². The quantitative estimate of drug-likeness (QED) is 0.714. The Morgan fingerprint density at radius 3 is 2.92 bits per heavy atom. The molecule has 0 aliphatic carbocycles. The number of carbonyl (C=O) groups excluding carboxylic acids is 1. The van der Waals surface area contributed by atoms with Gasteiger partial charge in [-0.15, -0.1) is 22.7 Å². The zero-order valence-electron chi connectivity index (χ0n) is 14.9. The number of H-pyrrole nitrogens is 1. The summed E-state index contributed by atoms with van der Waals surface area (Å²) in [6.45, 7) is 2.06. The maximum absolute atomic E-state index is 12.2. The zero-order chi connectivity index (χ0) is 18.1. The van der Waals surface area contributed by atoms with Crippen LogP contribution in [0.5, 0.6) is 0 Å². The average molecular weight is 387 g/mol. The number of aromatic amines is 1. The molecular formula is C19H22N4OS2. The fraction of sp³-hybridized carbons (Fsp3) is 0.368. The van der Waals surface area contributed by atoms with Gasteiger partial charge in [0.15, 0.2) is 0 Å². The predicted octanol–water partition coefficient (Wildman–Crippen LogP) is 4.24. The van der Waals surface area contributed by atoms with Crippen molar-refractivity contribution >= 4 is 28.6 Å². The molecule has 1 amide bonds. The van der Waals surface area contributed by atoms with Gasteiger partial charge in [0.05, 0.1) is 15.4 Å². The van der Waals surface area contributed by atoms with Crippen molar-refractivity contribution in [2.24, 2.45) is 0 Å². The van der Waals surface area contributed by atoms with Crippen molar-refractivity contribution in [1.82, 2.24) is 20.0 Å². The molecule has 1 saturated heterocycles. The number of hydrogen-bond acceptors (Lipinski definition) is 5. The van der Waals surface area contributed by atoms with Crippen molar-refractivity contribution in [3.63, 3.8) is 0 Å². The third-order valence-electron chi connectivity index (χ3n) is 4.72. The third kappa shape index (κ3) is 3.47. The highest BCUT2D eigenvalue weighted by atomic mass is 32.1.